The van der Waals surface area contributed by atoms with E-state index in [1.54, 1.807) is 0 Å². The summed E-state index contributed by atoms with van der Waals surface area (Å²) in [6.45, 7) is 7.86. The number of hydrogen-bond donors (Lipinski definition) is 1. The number of benzene rings is 1. The van der Waals surface area contributed by atoms with Gasteiger partial charge >= 0.3 is 0 Å². The molecule has 26 heavy (non-hydrogen) atoms. The van der Waals surface area contributed by atoms with E-state index in [0.29, 0.717) is 25.6 Å². The monoisotopic (exact) mass is 380 g/mol. The summed E-state index contributed by atoms with van der Waals surface area (Å²) in [7, 11) is 0. The van der Waals surface area contributed by atoms with E-state index in [4.69, 9.17) is 4.74 Å². The number of amides is 1. The third-order valence-corrected chi connectivity index (χ3v) is 5.14. The van der Waals surface area contributed by atoms with Crippen LogP contribution in [0.5, 0.6) is 0 Å². The Kier molecular flexibility index (Phi) is 8.39. The van der Waals surface area contributed by atoms with Gasteiger partial charge in [-0.15, -0.1) is 12.4 Å². The zero-order valence-corrected chi connectivity index (χ0v) is 16.9. The number of hydrogen-bond acceptors (Lipinski definition) is 3. The first kappa shape index (κ1) is 21.2. The molecule has 4 nitrogen and oxygen atoms in total. The van der Waals surface area contributed by atoms with Gasteiger partial charge in [0.25, 0.3) is 5.91 Å². The Morgan fingerprint density at radius 2 is 2.00 bits per heavy atom. The fourth-order valence-electron chi connectivity index (χ4n) is 3.88. The molecule has 0 spiro atoms. The number of nitrogens with one attached hydrogen (secondary N) is 1. The number of ether oxygens (including phenoxy) is 1. The molecule has 1 saturated heterocycles. The molecule has 1 fully saturated rings. The average Bonchev–Trinajstić information content (AvgIpc) is 2.86. The maximum Gasteiger partial charge on any atom is 0.253 e. The van der Waals surface area contributed by atoms with Crippen LogP contribution in [0.25, 0.3) is 0 Å². The van der Waals surface area contributed by atoms with Crippen molar-refractivity contribution >= 4 is 18.3 Å². The summed E-state index contributed by atoms with van der Waals surface area (Å²) in [4.78, 5) is 14.9. The third-order valence-electron chi connectivity index (χ3n) is 5.14. The number of rotatable bonds is 5. The van der Waals surface area contributed by atoms with Crippen molar-refractivity contribution in [3.05, 3.63) is 34.9 Å². The predicted molar refractivity (Wildman–Crippen MR) is 108 cm³/mol. The molecule has 5 heteroatoms. The summed E-state index contributed by atoms with van der Waals surface area (Å²) in [5, 5.41) is 3.26. The van der Waals surface area contributed by atoms with Crippen molar-refractivity contribution in [1.29, 1.82) is 0 Å². The smallest absolute Gasteiger partial charge is 0.253 e. The molecule has 1 aromatic rings. The van der Waals surface area contributed by atoms with Crippen LogP contribution >= 0.6 is 12.4 Å². The van der Waals surface area contributed by atoms with Crippen LogP contribution in [0.2, 0.25) is 0 Å². The fraction of sp³-hybridized carbons (Fsp3) is 0.667. The van der Waals surface area contributed by atoms with E-state index >= 15 is 0 Å². The van der Waals surface area contributed by atoms with Crippen LogP contribution in [0.1, 0.15) is 49.8 Å². The molecule has 1 unspecified atom stereocenters. The molecule has 1 amide bonds. The van der Waals surface area contributed by atoms with Gasteiger partial charge in [-0.1, -0.05) is 38.5 Å². The highest BCUT2D eigenvalue weighted by Crippen LogP contribution is 2.23. The van der Waals surface area contributed by atoms with Crippen LogP contribution in [0.15, 0.2) is 18.2 Å². The highest BCUT2D eigenvalue weighted by Gasteiger charge is 2.27. The molecule has 1 heterocycles. The molecule has 1 N–H and O–H groups in total. The van der Waals surface area contributed by atoms with E-state index in [0.717, 1.165) is 13.1 Å². The fourth-order valence-corrected chi connectivity index (χ4v) is 3.88. The minimum Gasteiger partial charge on any atom is -0.366 e. The molecule has 1 aliphatic carbocycles. The van der Waals surface area contributed by atoms with Crippen LogP contribution in [0.3, 0.4) is 0 Å². The van der Waals surface area contributed by atoms with Gasteiger partial charge in [-0.3, -0.25) is 4.79 Å². The van der Waals surface area contributed by atoms with E-state index in [2.05, 4.69) is 37.4 Å². The van der Waals surface area contributed by atoms with E-state index in [9.17, 15) is 4.79 Å². The Bertz CT molecular complexity index is 585. The predicted octanol–water partition coefficient (Wildman–Crippen LogP) is 3.35. The summed E-state index contributed by atoms with van der Waals surface area (Å²) in [5.74, 6) is 0.567. The Hall–Kier alpha value is -1.10. The van der Waals surface area contributed by atoms with Gasteiger partial charge < -0.3 is 15.0 Å². The average molecular weight is 381 g/mol. The van der Waals surface area contributed by atoms with E-state index < -0.39 is 0 Å². The minimum absolute atomic E-state index is 0. The lowest BCUT2D eigenvalue weighted by Gasteiger charge is -2.31. The van der Waals surface area contributed by atoms with Gasteiger partial charge in [-0.2, -0.15) is 0 Å². The SMILES string of the molecule is CC(C)CN(Cc1ccc2c(c1)CCCCC2)C(=O)C1CNCCO1.Cl. The zero-order valence-electron chi connectivity index (χ0n) is 16.1. The normalized spacial score (nSPS) is 20.0. The molecule has 1 aliphatic heterocycles. The molecule has 0 radical (unpaired) electrons. The van der Waals surface area contributed by atoms with Crippen LogP contribution in [-0.4, -0.2) is 43.2 Å². The van der Waals surface area contributed by atoms with Crippen molar-refractivity contribution in [1.82, 2.24) is 10.2 Å². The topological polar surface area (TPSA) is 41.6 Å². The van der Waals surface area contributed by atoms with Crippen molar-refractivity contribution in [3.8, 4) is 0 Å². The first-order valence-corrected chi connectivity index (χ1v) is 9.85. The number of carbonyl (C=O) groups excluding carboxylic acids is 1. The van der Waals surface area contributed by atoms with Gasteiger partial charge in [0.2, 0.25) is 0 Å². The molecule has 0 bridgehead atoms. The molecule has 0 aromatic heterocycles. The first-order chi connectivity index (χ1) is 12.1. The number of carbonyl (C=O) groups is 1. The molecular weight excluding hydrogens is 348 g/mol. The minimum atomic E-state index is -0.340. The summed E-state index contributed by atoms with van der Waals surface area (Å²) in [5.41, 5.74) is 4.24. The lowest BCUT2D eigenvalue weighted by atomic mass is 9.99. The van der Waals surface area contributed by atoms with Crippen molar-refractivity contribution < 1.29 is 9.53 Å². The molecular formula is C21H33ClN2O2. The van der Waals surface area contributed by atoms with Gasteiger partial charge in [0.05, 0.1) is 6.61 Å². The number of aryl methyl sites for hydroxylation is 2. The second-order valence-electron chi connectivity index (χ2n) is 7.84. The highest BCUT2D eigenvalue weighted by atomic mass is 35.5. The van der Waals surface area contributed by atoms with Crippen LogP contribution in [0, 0.1) is 5.92 Å². The van der Waals surface area contributed by atoms with Gasteiger partial charge in [0.15, 0.2) is 0 Å². The second kappa shape index (κ2) is 10.3. The zero-order chi connectivity index (χ0) is 17.6. The van der Waals surface area contributed by atoms with Crippen LogP contribution in [-0.2, 0) is 28.9 Å². The highest BCUT2D eigenvalue weighted by molar-refractivity contribution is 5.85. The third kappa shape index (κ3) is 5.70. The summed E-state index contributed by atoms with van der Waals surface area (Å²) in [6, 6.07) is 6.83. The van der Waals surface area contributed by atoms with Crippen molar-refractivity contribution in [3.63, 3.8) is 0 Å². The Morgan fingerprint density at radius 1 is 1.23 bits per heavy atom. The molecule has 3 rings (SSSR count). The number of nitrogens with zero attached hydrogens (tertiary/aromatic N) is 1. The molecule has 2 aliphatic rings. The molecule has 1 aromatic carbocycles. The van der Waals surface area contributed by atoms with Gasteiger partial charge in [0, 0.05) is 26.2 Å². The second-order valence-corrected chi connectivity index (χ2v) is 7.84. The number of halogens is 1. The maximum atomic E-state index is 12.9. The standard InChI is InChI=1S/C21H32N2O2.ClH/c1-16(2)14-23(21(24)20-13-22-10-11-25-20)15-17-8-9-18-6-4-3-5-7-19(18)12-17;/h8-9,12,16,20,22H,3-7,10-11,13-15H2,1-2H3;1H. The molecule has 1 atom stereocenters. The summed E-state index contributed by atoms with van der Waals surface area (Å²) in [6.07, 6.45) is 5.95. The largest absolute Gasteiger partial charge is 0.366 e. The molecule has 146 valence electrons. The van der Waals surface area contributed by atoms with Crippen molar-refractivity contribution in [2.75, 3.05) is 26.2 Å². The Balaban J connectivity index is 0.00000243. The summed E-state index contributed by atoms with van der Waals surface area (Å²) < 4.78 is 5.69. The van der Waals surface area contributed by atoms with Gasteiger partial charge in [-0.25, -0.2) is 0 Å². The van der Waals surface area contributed by atoms with E-state index in [1.807, 2.05) is 4.90 Å². The van der Waals surface area contributed by atoms with Crippen LogP contribution < -0.4 is 5.32 Å². The lowest BCUT2D eigenvalue weighted by molar-refractivity contribution is -0.146. The lowest BCUT2D eigenvalue weighted by Crippen LogP contribution is -2.49. The summed E-state index contributed by atoms with van der Waals surface area (Å²) >= 11 is 0. The quantitative estimate of drug-likeness (QED) is 0.796. The first-order valence-electron chi connectivity index (χ1n) is 9.85. The molecule has 0 saturated carbocycles. The Morgan fingerprint density at radius 3 is 2.69 bits per heavy atom. The van der Waals surface area contributed by atoms with Crippen molar-refractivity contribution in [2.24, 2.45) is 5.92 Å². The van der Waals surface area contributed by atoms with E-state index in [-0.39, 0.29) is 24.4 Å². The van der Waals surface area contributed by atoms with Gasteiger partial charge in [-0.05, 0) is 48.3 Å². The Labute approximate surface area is 164 Å². The number of fused-ring (bicyclic) bond motifs is 1. The van der Waals surface area contributed by atoms with Gasteiger partial charge in [0.1, 0.15) is 6.10 Å². The van der Waals surface area contributed by atoms with Crippen molar-refractivity contribution in [2.45, 2.75) is 58.6 Å². The number of morpholine rings is 1. The maximum absolute atomic E-state index is 12.9. The van der Waals surface area contributed by atoms with Crippen LogP contribution in [0.4, 0.5) is 0 Å². The van der Waals surface area contributed by atoms with E-state index in [1.165, 1.54) is 48.8 Å².